The van der Waals surface area contributed by atoms with E-state index in [4.69, 9.17) is 10.5 Å². The van der Waals surface area contributed by atoms with Gasteiger partial charge in [-0.05, 0) is 31.2 Å². The van der Waals surface area contributed by atoms with Crippen molar-refractivity contribution in [2.75, 3.05) is 19.7 Å². The predicted molar refractivity (Wildman–Crippen MR) is 84.0 cm³/mol. The van der Waals surface area contributed by atoms with E-state index < -0.39 is 0 Å². The second kappa shape index (κ2) is 8.03. The van der Waals surface area contributed by atoms with Crippen LogP contribution in [0.25, 0.3) is 0 Å². The standard InChI is InChI=1S/C17H26N2O2/c1-14-7-8-17(20)19(11-9-14)10-4-12-21-16-6-3-2-5-15(16)13-18/h2-3,5-6,14H,4,7-13,18H2,1H3. The number of benzene rings is 1. The number of hydrogen-bond donors (Lipinski definition) is 1. The average Bonchev–Trinajstić information content (AvgIpc) is 2.67. The fourth-order valence-corrected chi connectivity index (χ4v) is 2.66. The topological polar surface area (TPSA) is 55.6 Å². The minimum absolute atomic E-state index is 0.293. The van der Waals surface area contributed by atoms with Gasteiger partial charge in [0.15, 0.2) is 0 Å². The quantitative estimate of drug-likeness (QED) is 0.819. The lowest BCUT2D eigenvalue weighted by atomic mass is 10.0. The van der Waals surface area contributed by atoms with E-state index in [0.717, 1.165) is 43.7 Å². The van der Waals surface area contributed by atoms with Gasteiger partial charge in [0.05, 0.1) is 6.61 Å². The van der Waals surface area contributed by atoms with Gasteiger partial charge in [-0.3, -0.25) is 4.79 Å². The monoisotopic (exact) mass is 290 g/mol. The molecule has 2 N–H and O–H groups in total. The number of hydrogen-bond acceptors (Lipinski definition) is 3. The summed E-state index contributed by atoms with van der Waals surface area (Å²) >= 11 is 0. The highest BCUT2D eigenvalue weighted by atomic mass is 16.5. The van der Waals surface area contributed by atoms with Crippen LogP contribution in [0, 0.1) is 5.92 Å². The van der Waals surface area contributed by atoms with Gasteiger partial charge in [-0.25, -0.2) is 0 Å². The highest BCUT2D eigenvalue weighted by Gasteiger charge is 2.19. The number of para-hydroxylation sites is 1. The lowest BCUT2D eigenvalue weighted by molar-refractivity contribution is -0.130. The highest BCUT2D eigenvalue weighted by Crippen LogP contribution is 2.19. The summed E-state index contributed by atoms with van der Waals surface area (Å²) in [4.78, 5) is 14.0. The van der Waals surface area contributed by atoms with Crippen LogP contribution in [0.4, 0.5) is 0 Å². The van der Waals surface area contributed by atoms with Crippen LogP contribution in [0.5, 0.6) is 5.75 Å². The van der Waals surface area contributed by atoms with Crippen molar-refractivity contribution in [2.45, 2.75) is 39.2 Å². The fourth-order valence-electron chi connectivity index (χ4n) is 2.66. The zero-order valence-corrected chi connectivity index (χ0v) is 12.9. The van der Waals surface area contributed by atoms with Gasteiger partial charge in [-0.1, -0.05) is 25.1 Å². The molecule has 4 heteroatoms. The van der Waals surface area contributed by atoms with Crippen LogP contribution in [-0.4, -0.2) is 30.5 Å². The van der Waals surface area contributed by atoms with Crippen LogP contribution >= 0.6 is 0 Å². The number of amides is 1. The van der Waals surface area contributed by atoms with Gasteiger partial charge < -0.3 is 15.4 Å². The molecule has 116 valence electrons. The number of carbonyl (C=O) groups excluding carboxylic acids is 1. The molecular formula is C17H26N2O2. The Morgan fingerprint density at radius 2 is 2.14 bits per heavy atom. The van der Waals surface area contributed by atoms with Crippen molar-refractivity contribution in [3.63, 3.8) is 0 Å². The first-order valence-corrected chi connectivity index (χ1v) is 7.89. The Bertz CT molecular complexity index is 462. The van der Waals surface area contributed by atoms with E-state index in [1.54, 1.807) is 0 Å². The number of ether oxygens (including phenoxy) is 1. The zero-order valence-electron chi connectivity index (χ0n) is 12.9. The minimum Gasteiger partial charge on any atom is -0.493 e. The molecule has 2 rings (SSSR count). The molecule has 1 aromatic rings. The molecule has 0 bridgehead atoms. The first-order chi connectivity index (χ1) is 10.2. The van der Waals surface area contributed by atoms with Crippen molar-refractivity contribution < 1.29 is 9.53 Å². The molecule has 1 fully saturated rings. The van der Waals surface area contributed by atoms with E-state index in [2.05, 4.69) is 6.92 Å². The molecular weight excluding hydrogens is 264 g/mol. The van der Waals surface area contributed by atoms with Crippen LogP contribution in [0.15, 0.2) is 24.3 Å². The SMILES string of the molecule is CC1CCC(=O)N(CCCOc2ccccc2CN)CC1. The lowest BCUT2D eigenvalue weighted by Gasteiger charge is -2.20. The number of nitrogens with two attached hydrogens (primary N) is 1. The summed E-state index contributed by atoms with van der Waals surface area (Å²) in [5, 5.41) is 0. The molecule has 1 saturated heterocycles. The first kappa shape index (κ1) is 15.8. The summed E-state index contributed by atoms with van der Waals surface area (Å²) in [7, 11) is 0. The van der Waals surface area contributed by atoms with E-state index in [9.17, 15) is 4.79 Å². The third kappa shape index (κ3) is 4.74. The molecule has 0 aromatic heterocycles. The number of nitrogens with zero attached hydrogens (tertiary/aromatic N) is 1. The van der Waals surface area contributed by atoms with Gasteiger partial charge >= 0.3 is 0 Å². The van der Waals surface area contributed by atoms with Crippen molar-refractivity contribution in [2.24, 2.45) is 11.7 Å². The molecule has 4 nitrogen and oxygen atoms in total. The van der Waals surface area contributed by atoms with Crippen LogP contribution in [-0.2, 0) is 11.3 Å². The normalized spacial score (nSPS) is 19.4. The lowest BCUT2D eigenvalue weighted by Crippen LogP contribution is -2.32. The maximum Gasteiger partial charge on any atom is 0.222 e. The fraction of sp³-hybridized carbons (Fsp3) is 0.588. The maximum atomic E-state index is 12.0. The highest BCUT2D eigenvalue weighted by molar-refractivity contribution is 5.76. The van der Waals surface area contributed by atoms with Crippen molar-refractivity contribution in [1.29, 1.82) is 0 Å². The molecule has 1 amide bonds. The Hall–Kier alpha value is -1.55. The minimum atomic E-state index is 0.293. The summed E-state index contributed by atoms with van der Waals surface area (Å²) < 4.78 is 5.79. The third-order valence-electron chi connectivity index (χ3n) is 4.12. The summed E-state index contributed by atoms with van der Waals surface area (Å²) in [6, 6.07) is 7.84. The summed E-state index contributed by atoms with van der Waals surface area (Å²) in [6.07, 6.45) is 3.69. The van der Waals surface area contributed by atoms with Gasteiger partial charge in [-0.2, -0.15) is 0 Å². The summed E-state index contributed by atoms with van der Waals surface area (Å²) in [5.41, 5.74) is 6.71. The van der Waals surface area contributed by atoms with Crippen molar-refractivity contribution >= 4 is 5.91 Å². The molecule has 1 aliphatic heterocycles. The molecule has 1 unspecified atom stereocenters. The average molecular weight is 290 g/mol. The largest absolute Gasteiger partial charge is 0.493 e. The Labute approximate surface area is 127 Å². The Morgan fingerprint density at radius 3 is 2.95 bits per heavy atom. The molecule has 21 heavy (non-hydrogen) atoms. The van der Waals surface area contributed by atoms with Crippen LogP contribution < -0.4 is 10.5 Å². The van der Waals surface area contributed by atoms with Gasteiger partial charge in [0.25, 0.3) is 0 Å². The number of carbonyl (C=O) groups is 1. The smallest absolute Gasteiger partial charge is 0.222 e. The maximum absolute atomic E-state index is 12.0. The Kier molecular flexibility index (Phi) is 6.05. The molecule has 0 saturated carbocycles. The van der Waals surface area contributed by atoms with E-state index in [1.807, 2.05) is 29.2 Å². The molecule has 0 spiro atoms. The van der Waals surface area contributed by atoms with Gasteiger partial charge in [-0.15, -0.1) is 0 Å². The van der Waals surface area contributed by atoms with Crippen LogP contribution in [0.3, 0.4) is 0 Å². The van der Waals surface area contributed by atoms with Crippen LogP contribution in [0.2, 0.25) is 0 Å². The van der Waals surface area contributed by atoms with E-state index >= 15 is 0 Å². The molecule has 0 radical (unpaired) electrons. The van der Waals surface area contributed by atoms with Gasteiger partial charge in [0, 0.05) is 31.6 Å². The van der Waals surface area contributed by atoms with Crippen molar-refractivity contribution in [3.05, 3.63) is 29.8 Å². The van der Waals surface area contributed by atoms with Crippen molar-refractivity contribution in [3.8, 4) is 5.75 Å². The van der Waals surface area contributed by atoms with Gasteiger partial charge in [0.1, 0.15) is 5.75 Å². The second-order valence-electron chi connectivity index (χ2n) is 5.83. The number of rotatable bonds is 6. The second-order valence-corrected chi connectivity index (χ2v) is 5.83. The van der Waals surface area contributed by atoms with Crippen LogP contribution in [0.1, 0.15) is 38.2 Å². The summed E-state index contributed by atoms with van der Waals surface area (Å²) in [5.74, 6) is 1.81. The van der Waals surface area contributed by atoms with E-state index in [1.165, 1.54) is 0 Å². The van der Waals surface area contributed by atoms with Gasteiger partial charge in [0.2, 0.25) is 5.91 Å². The zero-order chi connectivity index (χ0) is 15.1. The Morgan fingerprint density at radius 1 is 1.33 bits per heavy atom. The predicted octanol–water partition coefficient (Wildman–Crippen LogP) is 2.56. The molecule has 0 aliphatic carbocycles. The molecule has 1 aliphatic rings. The summed E-state index contributed by atoms with van der Waals surface area (Å²) in [6.45, 7) is 5.01. The Balaban J connectivity index is 1.75. The first-order valence-electron chi connectivity index (χ1n) is 7.89. The van der Waals surface area contributed by atoms with Crippen molar-refractivity contribution in [1.82, 2.24) is 4.90 Å². The van der Waals surface area contributed by atoms with E-state index in [-0.39, 0.29) is 0 Å². The molecule has 1 atom stereocenters. The van der Waals surface area contributed by atoms with E-state index in [0.29, 0.717) is 31.4 Å². The number of likely N-dealkylation sites (tertiary alicyclic amines) is 1. The molecule has 1 heterocycles. The molecule has 1 aromatic carbocycles. The third-order valence-corrected chi connectivity index (χ3v) is 4.12.